The maximum Gasteiger partial charge on any atom is 0.145 e. The lowest BCUT2D eigenvalue weighted by Crippen LogP contribution is -2.06. The van der Waals surface area contributed by atoms with E-state index in [4.69, 9.17) is 27.1 Å². The molecule has 0 spiro atoms. The van der Waals surface area contributed by atoms with Crippen LogP contribution in [0.3, 0.4) is 0 Å². The van der Waals surface area contributed by atoms with E-state index in [2.05, 4.69) is 17.1 Å². The first-order chi connectivity index (χ1) is 15.0. The highest BCUT2D eigenvalue weighted by atomic mass is 35.5. The summed E-state index contributed by atoms with van der Waals surface area (Å²) in [6.45, 7) is 2.02. The number of aryl methyl sites for hydroxylation is 1. The van der Waals surface area contributed by atoms with Crippen LogP contribution in [0.15, 0.2) is 42.5 Å². The molecule has 0 atom stereocenters. The van der Waals surface area contributed by atoms with E-state index in [1.165, 1.54) is 11.1 Å². The average Bonchev–Trinajstić information content (AvgIpc) is 3.54. The number of aromatic nitrogens is 2. The van der Waals surface area contributed by atoms with Crippen molar-refractivity contribution in [3.63, 3.8) is 0 Å². The van der Waals surface area contributed by atoms with E-state index in [0.717, 1.165) is 60.5 Å². The SMILES string of the molecule is CCc1nc(-c2ccc(OC)cc2Cl)c(C2CC2)nc1N.OC1Cc2ccccc2C1. The Morgan fingerprint density at radius 2 is 1.77 bits per heavy atom. The first-order valence-electron chi connectivity index (χ1n) is 10.7. The summed E-state index contributed by atoms with van der Waals surface area (Å²) in [5, 5.41) is 9.87. The van der Waals surface area contributed by atoms with Crippen molar-refractivity contribution < 1.29 is 9.84 Å². The molecule has 2 aromatic carbocycles. The van der Waals surface area contributed by atoms with Gasteiger partial charge in [-0.2, -0.15) is 0 Å². The Hall–Kier alpha value is -2.63. The fourth-order valence-electron chi connectivity index (χ4n) is 3.95. The molecule has 2 aliphatic rings. The molecule has 0 bridgehead atoms. The number of hydrogen-bond acceptors (Lipinski definition) is 5. The highest BCUT2D eigenvalue weighted by molar-refractivity contribution is 6.33. The molecular weight excluding hydrogens is 410 g/mol. The third-order valence-corrected chi connectivity index (χ3v) is 6.10. The number of fused-ring (bicyclic) bond motifs is 1. The highest BCUT2D eigenvalue weighted by Crippen LogP contribution is 2.44. The second kappa shape index (κ2) is 9.25. The lowest BCUT2D eigenvalue weighted by molar-refractivity contribution is 0.187. The van der Waals surface area contributed by atoms with Crippen molar-refractivity contribution in [1.82, 2.24) is 9.97 Å². The maximum absolute atomic E-state index is 9.25. The van der Waals surface area contributed by atoms with Crippen LogP contribution in [-0.4, -0.2) is 28.3 Å². The molecule has 0 radical (unpaired) electrons. The molecular formula is C25H28ClN3O2. The van der Waals surface area contributed by atoms with E-state index < -0.39 is 0 Å². The number of nitrogen functional groups attached to an aromatic ring is 1. The number of benzene rings is 2. The van der Waals surface area contributed by atoms with Crippen LogP contribution in [0.4, 0.5) is 5.82 Å². The number of ether oxygens (including phenoxy) is 1. The average molecular weight is 438 g/mol. The zero-order chi connectivity index (χ0) is 22.0. The van der Waals surface area contributed by atoms with Gasteiger partial charge in [-0.3, -0.25) is 0 Å². The van der Waals surface area contributed by atoms with Gasteiger partial charge in [0.2, 0.25) is 0 Å². The molecule has 1 heterocycles. The second-order valence-corrected chi connectivity index (χ2v) is 8.50. The van der Waals surface area contributed by atoms with Crippen LogP contribution in [0, 0.1) is 0 Å². The number of rotatable bonds is 4. The minimum absolute atomic E-state index is 0.127. The molecule has 3 aromatic rings. The van der Waals surface area contributed by atoms with Crippen LogP contribution < -0.4 is 10.5 Å². The van der Waals surface area contributed by atoms with Crippen LogP contribution in [0.5, 0.6) is 5.75 Å². The molecule has 0 aliphatic heterocycles. The predicted molar refractivity (Wildman–Crippen MR) is 125 cm³/mol. The third-order valence-electron chi connectivity index (χ3n) is 5.79. The Kier molecular flexibility index (Phi) is 6.44. The monoisotopic (exact) mass is 437 g/mol. The van der Waals surface area contributed by atoms with Gasteiger partial charge in [0.25, 0.3) is 0 Å². The number of methoxy groups -OCH3 is 1. The number of hydrogen-bond donors (Lipinski definition) is 2. The van der Waals surface area contributed by atoms with Crippen LogP contribution in [0.2, 0.25) is 5.02 Å². The van der Waals surface area contributed by atoms with E-state index in [0.29, 0.717) is 16.8 Å². The van der Waals surface area contributed by atoms with Gasteiger partial charge in [0.1, 0.15) is 11.6 Å². The zero-order valence-electron chi connectivity index (χ0n) is 17.9. The van der Waals surface area contributed by atoms with Gasteiger partial charge in [-0.15, -0.1) is 0 Å². The van der Waals surface area contributed by atoms with Gasteiger partial charge in [-0.1, -0.05) is 42.8 Å². The normalized spacial score (nSPS) is 15.2. The minimum atomic E-state index is -0.127. The van der Waals surface area contributed by atoms with Gasteiger partial charge in [0.05, 0.1) is 35.3 Å². The van der Waals surface area contributed by atoms with Crippen molar-refractivity contribution in [3.05, 3.63) is 70.0 Å². The Balaban J connectivity index is 0.000000192. The largest absolute Gasteiger partial charge is 0.497 e. The molecule has 5 nitrogen and oxygen atoms in total. The number of nitrogens with zero attached hydrogens (tertiary/aromatic N) is 2. The Morgan fingerprint density at radius 3 is 2.32 bits per heavy atom. The number of aliphatic hydroxyl groups excluding tert-OH is 1. The van der Waals surface area contributed by atoms with Gasteiger partial charge in [-0.25, -0.2) is 9.97 Å². The summed E-state index contributed by atoms with van der Waals surface area (Å²) in [6, 6.07) is 13.9. The Morgan fingerprint density at radius 1 is 1.10 bits per heavy atom. The number of anilines is 1. The van der Waals surface area contributed by atoms with E-state index in [9.17, 15) is 5.11 Å². The molecule has 162 valence electrons. The quantitative estimate of drug-likeness (QED) is 0.602. The van der Waals surface area contributed by atoms with Gasteiger partial charge in [-0.05, 0) is 61.4 Å². The molecule has 1 aromatic heterocycles. The molecule has 3 N–H and O–H groups in total. The predicted octanol–water partition coefficient (Wildman–Crippen LogP) is 4.97. The fraction of sp³-hybridized carbons (Fsp3) is 0.360. The number of nitrogens with two attached hydrogens (primary N) is 1. The summed E-state index contributed by atoms with van der Waals surface area (Å²) >= 11 is 6.40. The van der Waals surface area contributed by atoms with Gasteiger partial charge in [0.15, 0.2) is 0 Å². The molecule has 31 heavy (non-hydrogen) atoms. The Bertz CT molecular complexity index is 1060. The molecule has 2 aliphatic carbocycles. The lowest BCUT2D eigenvalue weighted by Gasteiger charge is -2.13. The van der Waals surface area contributed by atoms with Crippen molar-refractivity contribution in [2.75, 3.05) is 12.8 Å². The van der Waals surface area contributed by atoms with Crippen molar-refractivity contribution >= 4 is 17.4 Å². The van der Waals surface area contributed by atoms with E-state index in [1.807, 2.05) is 31.2 Å². The smallest absolute Gasteiger partial charge is 0.145 e. The van der Waals surface area contributed by atoms with Gasteiger partial charge >= 0.3 is 0 Å². The minimum Gasteiger partial charge on any atom is -0.497 e. The fourth-order valence-corrected chi connectivity index (χ4v) is 4.21. The summed E-state index contributed by atoms with van der Waals surface area (Å²) in [5.74, 6) is 1.72. The van der Waals surface area contributed by atoms with Crippen LogP contribution in [0.1, 0.15) is 48.2 Å². The van der Waals surface area contributed by atoms with Crippen molar-refractivity contribution in [1.29, 1.82) is 0 Å². The van der Waals surface area contributed by atoms with Gasteiger partial charge < -0.3 is 15.6 Å². The summed E-state index contributed by atoms with van der Waals surface area (Å²) in [6.07, 6.45) is 4.59. The van der Waals surface area contributed by atoms with Crippen LogP contribution in [0.25, 0.3) is 11.3 Å². The molecule has 5 rings (SSSR count). The zero-order valence-corrected chi connectivity index (χ0v) is 18.7. The van der Waals surface area contributed by atoms with Crippen molar-refractivity contribution in [2.24, 2.45) is 0 Å². The maximum atomic E-state index is 9.25. The van der Waals surface area contributed by atoms with E-state index in [1.54, 1.807) is 13.2 Å². The molecule has 6 heteroatoms. The highest BCUT2D eigenvalue weighted by Gasteiger charge is 2.30. The lowest BCUT2D eigenvalue weighted by atomic mass is 10.1. The number of aliphatic hydroxyl groups is 1. The molecule has 0 amide bonds. The topological polar surface area (TPSA) is 81.3 Å². The van der Waals surface area contributed by atoms with Crippen LogP contribution >= 0.6 is 11.6 Å². The number of halogens is 1. The molecule has 1 saturated carbocycles. The standard InChI is InChI=1S/C16H18ClN3O.C9H10O/c1-3-13-16(18)20-14(9-4-5-9)15(19-13)11-7-6-10(21-2)8-12(11)17;10-9-5-7-3-1-2-4-8(7)6-9/h6-9H,3-5H2,1-2H3,(H2,18,20);1-4,9-10H,5-6H2. The molecule has 1 fully saturated rings. The molecule has 0 saturated heterocycles. The van der Waals surface area contributed by atoms with Crippen LogP contribution in [-0.2, 0) is 19.3 Å². The summed E-state index contributed by atoms with van der Waals surface area (Å²) < 4.78 is 5.20. The van der Waals surface area contributed by atoms with Gasteiger partial charge in [0, 0.05) is 11.5 Å². The van der Waals surface area contributed by atoms with E-state index >= 15 is 0 Å². The van der Waals surface area contributed by atoms with E-state index in [-0.39, 0.29) is 6.10 Å². The van der Waals surface area contributed by atoms with Crippen molar-refractivity contribution in [3.8, 4) is 17.0 Å². The molecule has 0 unspecified atom stereocenters. The van der Waals surface area contributed by atoms with Crippen molar-refractivity contribution in [2.45, 2.75) is 51.0 Å². The Labute approximate surface area is 188 Å². The first kappa shape index (κ1) is 21.6. The summed E-state index contributed by atoms with van der Waals surface area (Å²) in [7, 11) is 1.62. The third kappa shape index (κ3) is 4.83. The summed E-state index contributed by atoms with van der Waals surface area (Å²) in [4.78, 5) is 9.32. The summed E-state index contributed by atoms with van der Waals surface area (Å²) in [5.41, 5.74) is 12.2. The second-order valence-electron chi connectivity index (χ2n) is 8.09. The first-order valence-corrected chi connectivity index (χ1v) is 11.1.